The van der Waals surface area contributed by atoms with E-state index in [-0.39, 0.29) is 23.2 Å². The van der Waals surface area contributed by atoms with Gasteiger partial charge in [0.05, 0.1) is 4.90 Å². The van der Waals surface area contributed by atoms with Crippen LogP contribution in [0.1, 0.15) is 22.8 Å². The highest BCUT2D eigenvalue weighted by atomic mass is 35.5. The molecule has 0 aromatic heterocycles. The van der Waals surface area contributed by atoms with Crippen LogP contribution in [0.25, 0.3) is 0 Å². The van der Waals surface area contributed by atoms with Crippen LogP contribution in [0, 0.1) is 0 Å². The van der Waals surface area contributed by atoms with Crippen LogP contribution in [0.5, 0.6) is 0 Å². The van der Waals surface area contributed by atoms with E-state index < -0.39 is 9.84 Å². The van der Waals surface area contributed by atoms with Crippen molar-refractivity contribution >= 4 is 28.2 Å². The lowest BCUT2D eigenvalue weighted by molar-refractivity contribution is 0.0734. The Hall–Kier alpha value is -1.11. The predicted octanol–water partition coefficient (Wildman–Crippen LogP) is 1.12. The Morgan fingerprint density at radius 3 is 2.43 bits per heavy atom. The van der Waals surface area contributed by atoms with E-state index in [0.717, 1.165) is 24.9 Å². The minimum absolute atomic E-state index is 0. The van der Waals surface area contributed by atoms with Gasteiger partial charge >= 0.3 is 0 Å². The Morgan fingerprint density at radius 1 is 1.29 bits per heavy atom. The van der Waals surface area contributed by atoms with Gasteiger partial charge in [0.1, 0.15) is 0 Å². The first-order chi connectivity index (χ1) is 9.43. The molecule has 1 saturated heterocycles. The van der Waals surface area contributed by atoms with E-state index in [1.165, 1.54) is 6.07 Å². The molecule has 1 amide bonds. The molecule has 1 aliphatic rings. The molecule has 5 nitrogen and oxygen atoms in total. The summed E-state index contributed by atoms with van der Waals surface area (Å²) in [7, 11) is -3.30. The third kappa shape index (κ3) is 4.18. The van der Waals surface area contributed by atoms with Gasteiger partial charge in [-0.1, -0.05) is 13.0 Å². The van der Waals surface area contributed by atoms with E-state index in [1.807, 2.05) is 6.92 Å². The van der Waals surface area contributed by atoms with Crippen LogP contribution >= 0.6 is 12.4 Å². The number of hydrogen-bond acceptors (Lipinski definition) is 4. The molecule has 2 rings (SSSR count). The summed E-state index contributed by atoms with van der Waals surface area (Å²) in [6.45, 7) is 4.83. The van der Waals surface area contributed by atoms with E-state index >= 15 is 0 Å². The molecule has 118 valence electrons. The normalized spacial score (nSPS) is 15.4. The first kappa shape index (κ1) is 17.9. The number of rotatable bonds is 3. The zero-order chi connectivity index (χ0) is 14.8. The van der Waals surface area contributed by atoms with E-state index in [0.29, 0.717) is 25.1 Å². The first-order valence-electron chi connectivity index (χ1n) is 6.76. The van der Waals surface area contributed by atoms with Gasteiger partial charge in [0, 0.05) is 38.0 Å². The van der Waals surface area contributed by atoms with Gasteiger partial charge in [-0.2, -0.15) is 0 Å². The third-order valence-corrected chi connectivity index (χ3v) is 4.64. The molecule has 7 heteroatoms. The number of halogens is 1. The van der Waals surface area contributed by atoms with Gasteiger partial charge in [0.15, 0.2) is 9.84 Å². The van der Waals surface area contributed by atoms with Crippen molar-refractivity contribution in [2.45, 2.75) is 18.2 Å². The molecule has 0 spiro atoms. The van der Waals surface area contributed by atoms with Crippen molar-refractivity contribution < 1.29 is 13.2 Å². The van der Waals surface area contributed by atoms with E-state index in [4.69, 9.17) is 0 Å². The lowest BCUT2D eigenvalue weighted by Crippen LogP contribution is -2.46. The number of nitrogens with zero attached hydrogens (tertiary/aromatic N) is 1. The Kier molecular flexibility index (Phi) is 6.19. The van der Waals surface area contributed by atoms with Gasteiger partial charge in [-0.15, -0.1) is 12.4 Å². The summed E-state index contributed by atoms with van der Waals surface area (Å²) in [6, 6.07) is 4.83. The number of carbonyl (C=O) groups is 1. The van der Waals surface area contributed by atoms with E-state index in [1.54, 1.807) is 17.0 Å². The average Bonchev–Trinajstić information content (AvgIpc) is 2.45. The standard InChI is InChI=1S/C14H20N2O3S.ClH/c1-3-11-4-5-12(20(2,18)19)10-13(11)14(17)16-8-6-15-7-9-16;/h4-5,10,15H,3,6-9H2,1-2H3;1H. The van der Waals surface area contributed by atoms with E-state index in [9.17, 15) is 13.2 Å². The van der Waals surface area contributed by atoms with Crippen LogP contribution in [0.2, 0.25) is 0 Å². The Labute approximate surface area is 132 Å². The Balaban J connectivity index is 0.00000220. The predicted molar refractivity (Wildman–Crippen MR) is 85.0 cm³/mol. The number of amides is 1. The molecule has 0 saturated carbocycles. The fourth-order valence-electron chi connectivity index (χ4n) is 2.33. The molecule has 1 aromatic rings. The fourth-order valence-corrected chi connectivity index (χ4v) is 2.98. The molecule has 0 aliphatic carbocycles. The second-order valence-electron chi connectivity index (χ2n) is 4.99. The molecular formula is C14H21ClN2O3S. The summed E-state index contributed by atoms with van der Waals surface area (Å²) >= 11 is 0. The molecule has 0 bridgehead atoms. The minimum atomic E-state index is -3.30. The maximum absolute atomic E-state index is 12.6. The lowest BCUT2D eigenvalue weighted by Gasteiger charge is -2.28. The number of aryl methyl sites for hydroxylation is 1. The number of hydrogen-bond donors (Lipinski definition) is 1. The van der Waals surface area contributed by atoms with Crippen molar-refractivity contribution in [3.8, 4) is 0 Å². The highest BCUT2D eigenvalue weighted by Crippen LogP contribution is 2.19. The monoisotopic (exact) mass is 332 g/mol. The highest BCUT2D eigenvalue weighted by Gasteiger charge is 2.21. The number of nitrogens with one attached hydrogen (secondary N) is 1. The van der Waals surface area contributed by atoms with E-state index in [2.05, 4.69) is 5.32 Å². The summed E-state index contributed by atoms with van der Waals surface area (Å²) in [5, 5.41) is 3.20. The first-order valence-corrected chi connectivity index (χ1v) is 8.65. The SMILES string of the molecule is CCc1ccc(S(C)(=O)=O)cc1C(=O)N1CCNCC1.Cl. The van der Waals surface area contributed by atoms with Gasteiger partial charge in [-0.25, -0.2) is 8.42 Å². The third-order valence-electron chi connectivity index (χ3n) is 3.53. The summed E-state index contributed by atoms with van der Waals surface area (Å²) in [5.74, 6) is -0.0751. The molecule has 1 N–H and O–H groups in total. The lowest BCUT2D eigenvalue weighted by atomic mass is 10.0. The van der Waals surface area contributed by atoms with Crippen LogP contribution in [0.3, 0.4) is 0 Å². The molecule has 1 aromatic carbocycles. The summed E-state index contributed by atoms with van der Waals surface area (Å²) in [5.41, 5.74) is 1.40. The molecule has 0 atom stereocenters. The Morgan fingerprint density at radius 2 is 1.90 bits per heavy atom. The number of sulfone groups is 1. The quantitative estimate of drug-likeness (QED) is 0.900. The number of carbonyl (C=O) groups excluding carboxylic acids is 1. The molecule has 1 aliphatic heterocycles. The second-order valence-corrected chi connectivity index (χ2v) is 7.00. The van der Waals surface area contributed by atoms with Crippen molar-refractivity contribution in [3.05, 3.63) is 29.3 Å². The van der Waals surface area contributed by atoms with Crippen LogP contribution in [-0.4, -0.2) is 51.7 Å². The van der Waals surface area contributed by atoms with Crippen LogP contribution in [0.15, 0.2) is 23.1 Å². The van der Waals surface area contributed by atoms with Crippen molar-refractivity contribution in [2.75, 3.05) is 32.4 Å². The molecule has 0 radical (unpaired) electrons. The van der Waals surface area contributed by atoms with Crippen LogP contribution in [-0.2, 0) is 16.3 Å². The average molecular weight is 333 g/mol. The topological polar surface area (TPSA) is 66.5 Å². The highest BCUT2D eigenvalue weighted by molar-refractivity contribution is 7.90. The van der Waals surface area contributed by atoms with Gasteiger partial charge in [0.2, 0.25) is 0 Å². The van der Waals surface area contributed by atoms with Crippen molar-refractivity contribution in [1.29, 1.82) is 0 Å². The molecule has 21 heavy (non-hydrogen) atoms. The molecular weight excluding hydrogens is 312 g/mol. The van der Waals surface area contributed by atoms with Crippen molar-refractivity contribution in [1.82, 2.24) is 10.2 Å². The second kappa shape index (κ2) is 7.24. The zero-order valence-electron chi connectivity index (χ0n) is 12.3. The maximum Gasteiger partial charge on any atom is 0.254 e. The minimum Gasteiger partial charge on any atom is -0.336 e. The fraction of sp³-hybridized carbons (Fsp3) is 0.500. The summed E-state index contributed by atoms with van der Waals surface area (Å²) < 4.78 is 23.3. The molecule has 1 heterocycles. The van der Waals surface area contributed by atoms with Crippen molar-refractivity contribution in [3.63, 3.8) is 0 Å². The van der Waals surface area contributed by atoms with Gasteiger partial charge in [-0.3, -0.25) is 4.79 Å². The molecule has 1 fully saturated rings. The largest absolute Gasteiger partial charge is 0.336 e. The smallest absolute Gasteiger partial charge is 0.254 e. The summed E-state index contributed by atoms with van der Waals surface area (Å²) in [4.78, 5) is 14.5. The molecule has 0 unspecified atom stereocenters. The Bertz CT molecular complexity index is 611. The summed E-state index contributed by atoms with van der Waals surface area (Å²) in [6.07, 6.45) is 1.87. The van der Waals surface area contributed by atoms with Crippen LogP contribution < -0.4 is 5.32 Å². The van der Waals surface area contributed by atoms with Gasteiger partial charge in [-0.05, 0) is 24.1 Å². The zero-order valence-corrected chi connectivity index (χ0v) is 13.9. The number of benzene rings is 1. The number of piperazine rings is 1. The van der Waals surface area contributed by atoms with Gasteiger partial charge in [0.25, 0.3) is 5.91 Å². The van der Waals surface area contributed by atoms with Crippen molar-refractivity contribution in [2.24, 2.45) is 0 Å². The van der Waals surface area contributed by atoms with Crippen LogP contribution in [0.4, 0.5) is 0 Å². The van der Waals surface area contributed by atoms with Gasteiger partial charge < -0.3 is 10.2 Å². The maximum atomic E-state index is 12.6.